The van der Waals surface area contributed by atoms with Crippen LogP contribution in [0.15, 0.2) is 36.4 Å². The van der Waals surface area contributed by atoms with Crippen molar-refractivity contribution >= 4 is 5.69 Å². The van der Waals surface area contributed by atoms with Crippen molar-refractivity contribution in [3.05, 3.63) is 74.8 Å². The van der Waals surface area contributed by atoms with Gasteiger partial charge in [-0.2, -0.15) is 4.39 Å². The maximum atomic E-state index is 13.6. The molecule has 0 aliphatic heterocycles. The van der Waals surface area contributed by atoms with E-state index in [0.29, 0.717) is 12.6 Å². The molecule has 0 saturated heterocycles. The van der Waals surface area contributed by atoms with Gasteiger partial charge in [0.2, 0.25) is 5.82 Å². The zero-order valence-corrected chi connectivity index (χ0v) is 11.4. The van der Waals surface area contributed by atoms with Gasteiger partial charge in [0.25, 0.3) is 0 Å². The number of benzene rings is 2. The standard InChI is InChI=1S/C15H14F2N2O2/c1-10-2-4-11(5-3-10)8-18-9-12-6-15(19(20)21)14(17)7-13(12)16/h2-7,18H,8-9H2,1H3. The molecule has 2 rings (SSSR count). The van der Waals surface area contributed by atoms with E-state index in [0.717, 1.165) is 17.2 Å². The van der Waals surface area contributed by atoms with Crippen LogP contribution < -0.4 is 5.32 Å². The van der Waals surface area contributed by atoms with Gasteiger partial charge in [-0.15, -0.1) is 0 Å². The van der Waals surface area contributed by atoms with Crippen molar-refractivity contribution in [1.29, 1.82) is 0 Å². The highest BCUT2D eigenvalue weighted by Crippen LogP contribution is 2.21. The lowest BCUT2D eigenvalue weighted by Crippen LogP contribution is -2.14. The minimum absolute atomic E-state index is 0.0650. The SMILES string of the molecule is Cc1ccc(CNCc2cc([N+](=O)[O-])c(F)cc2F)cc1. The molecule has 0 amide bonds. The van der Waals surface area contributed by atoms with Crippen LogP contribution >= 0.6 is 0 Å². The Bertz CT molecular complexity index is 657. The van der Waals surface area contributed by atoms with E-state index in [1.165, 1.54) is 0 Å². The van der Waals surface area contributed by atoms with Crippen molar-refractivity contribution in [2.45, 2.75) is 20.0 Å². The number of nitrogens with zero attached hydrogens (tertiary/aromatic N) is 1. The van der Waals surface area contributed by atoms with Gasteiger partial charge in [-0.25, -0.2) is 4.39 Å². The van der Waals surface area contributed by atoms with Gasteiger partial charge in [-0.1, -0.05) is 29.8 Å². The molecule has 0 atom stereocenters. The molecule has 1 N–H and O–H groups in total. The molecule has 0 spiro atoms. The molecule has 4 nitrogen and oxygen atoms in total. The van der Waals surface area contributed by atoms with Crippen molar-refractivity contribution in [3.8, 4) is 0 Å². The van der Waals surface area contributed by atoms with E-state index in [-0.39, 0.29) is 12.1 Å². The maximum absolute atomic E-state index is 13.6. The third kappa shape index (κ3) is 3.82. The zero-order chi connectivity index (χ0) is 15.4. The average Bonchev–Trinajstić information content (AvgIpc) is 2.43. The Morgan fingerprint density at radius 3 is 2.38 bits per heavy atom. The summed E-state index contributed by atoms with van der Waals surface area (Å²) in [6, 6.07) is 9.26. The minimum atomic E-state index is -1.17. The number of rotatable bonds is 5. The van der Waals surface area contributed by atoms with Gasteiger partial charge in [0.05, 0.1) is 4.92 Å². The Hall–Kier alpha value is -2.34. The monoisotopic (exact) mass is 292 g/mol. The van der Waals surface area contributed by atoms with E-state index in [9.17, 15) is 18.9 Å². The molecule has 0 saturated carbocycles. The third-order valence-corrected chi connectivity index (χ3v) is 3.08. The van der Waals surface area contributed by atoms with Gasteiger partial charge in [-0.3, -0.25) is 10.1 Å². The quantitative estimate of drug-likeness (QED) is 0.678. The van der Waals surface area contributed by atoms with Crippen LogP contribution in [0.4, 0.5) is 14.5 Å². The highest BCUT2D eigenvalue weighted by Gasteiger charge is 2.18. The molecule has 110 valence electrons. The summed E-state index contributed by atoms with van der Waals surface area (Å²) in [4.78, 5) is 9.77. The topological polar surface area (TPSA) is 55.2 Å². The first-order valence-corrected chi connectivity index (χ1v) is 6.36. The molecule has 2 aromatic carbocycles. The summed E-state index contributed by atoms with van der Waals surface area (Å²) in [5.41, 5.74) is 1.50. The van der Waals surface area contributed by atoms with Gasteiger partial charge in [-0.05, 0) is 12.5 Å². The Kier molecular flexibility index (Phi) is 4.59. The lowest BCUT2D eigenvalue weighted by atomic mass is 10.1. The molecule has 21 heavy (non-hydrogen) atoms. The molecular weight excluding hydrogens is 278 g/mol. The number of halogens is 2. The first-order valence-electron chi connectivity index (χ1n) is 6.36. The summed E-state index contributed by atoms with van der Waals surface area (Å²) < 4.78 is 26.8. The predicted octanol–water partition coefficient (Wildman–Crippen LogP) is 3.47. The Balaban J connectivity index is 2.04. The maximum Gasteiger partial charge on any atom is 0.305 e. The second-order valence-corrected chi connectivity index (χ2v) is 4.74. The van der Waals surface area contributed by atoms with Gasteiger partial charge in [0.15, 0.2) is 0 Å². The Labute approximate surface area is 120 Å². The summed E-state index contributed by atoms with van der Waals surface area (Å²) in [5, 5.41) is 13.6. The van der Waals surface area contributed by atoms with Gasteiger partial charge < -0.3 is 5.32 Å². The molecule has 0 radical (unpaired) electrons. The van der Waals surface area contributed by atoms with Gasteiger partial charge >= 0.3 is 5.69 Å². The molecule has 0 aliphatic carbocycles. The van der Waals surface area contributed by atoms with Crippen molar-refractivity contribution < 1.29 is 13.7 Å². The first kappa shape index (κ1) is 15.1. The second-order valence-electron chi connectivity index (χ2n) is 4.74. The Morgan fingerprint density at radius 2 is 1.76 bits per heavy atom. The van der Waals surface area contributed by atoms with E-state index in [1.54, 1.807) is 0 Å². The summed E-state index contributed by atoms with van der Waals surface area (Å²) >= 11 is 0. The molecule has 0 bridgehead atoms. The molecular formula is C15H14F2N2O2. The summed E-state index contributed by atoms with van der Waals surface area (Å²) in [6.45, 7) is 2.55. The summed E-state index contributed by atoms with van der Waals surface area (Å²) in [5.74, 6) is -1.96. The molecule has 0 aromatic heterocycles. The molecule has 2 aromatic rings. The molecule has 0 unspecified atom stereocenters. The molecule has 0 fully saturated rings. The van der Waals surface area contributed by atoms with Crippen LogP contribution in [0.5, 0.6) is 0 Å². The summed E-state index contributed by atoms with van der Waals surface area (Å²) in [7, 11) is 0. The van der Waals surface area contributed by atoms with Crippen LogP contribution in [0.1, 0.15) is 16.7 Å². The molecule has 6 heteroatoms. The van der Waals surface area contributed by atoms with Crippen molar-refractivity contribution in [1.82, 2.24) is 5.32 Å². The van der Waals surface area contributed by atoms with E-state index < -0.39 is 22.2 Å². The molecule has 0 aliphatic rings. The lowest BCUT2D eigenvalue weighted by molar-refractivity contribution is -0.387. The third-order valence-electron chi connectivity index (χ3n) is 3.08. The van der Waals surface area contributed by atoms with Crippen molar-refractivity contribution in [2.75, 3.05) is 0 Å². The largest absolute Gasteiger partial charge is 0.309 e. The predicted molar refractivity (Wildman–Crippen MR) is 74.7 cm³/mol. The Morgan fingerprint density at radius 1 is 1.10 bits per heavy atom. The zero-order valence-electron chi connectivity index (χ0n) is 11.4. The van der Waals surface area contributed by atoms with Crippen LogP contribution in [-0.2, 0) is 13.1 Å². The minimum Gasteiger partial charge on any atom is -0.309 e. The van der Waals surface area contributed by atoms with Crippen molar-refractivity contribution in [3.63, 3.8) is 0 Å². The fourth-order valence-corrected chi connectivity index (χ4v) is 1.90. The molecule has 0 heterocycles. The highest BCUT2D eigenvalue weighted by molar-refractivity contribution is 5.37. The van der Waals surface area contributed by atoms with Crippen LogP contribution in [0.2, 0.25) is 0 Å². The normalized spacial score (nSPS) is 10.6. The number of nitro benzene ring substituents is 1. The van der Waals surface area contributed by atoms with Gasteiger partial charge in [0.1, 0.15) is 5.82 Å². The van der Waals surface area contributed by atoms with Crippen LogP contribution in [0.3, 0.4) is 0 Å². The number of nitrogens with one attached hydrogen (secondary N) is 1. The van der Waals surface area contributed by atoms with Crippen LogP contribution in [0, 0.1) is 28.7 Å². The fraction of sp³-hybridized carbons (Fsp3) is 0.200. The number of hydrogen-bond acceptors (Lipinski definition) is 3. The highest BCUT2D eigenvalue weighted by atomic mass is 19.1. The number of nitro groups is 1. The lowest BCUT2D eigenvalue weighted by Gasteiger charge is -2.07. The van der Waals surface area contributed by atoms with Crippen molar-refractivity contribution in [2.24, 2.45) is 0 Å². The van der Waals surface area contributed by atoms with Crippen LogP contribution in [0.25, 0.3) is 0 Å². The van der Waals surface area contributed by atoms with E-state index in [2.05, 4.69) is 5.32 Å². The van der Waals surface area contributed by atoms with E-state index in [1.807, 2.05) is 31.2 Å². The number of aryl methyl sites for hydroxylation is 1. The first-order chi connectivity index (χ1) is 9.97. The van der Waals surface area contributed by atoms with E-state index >= 15 is 0 Å². The number of hydrogen-bond donors (Lipinski definition) is 1. The van der Waals surface area contributed by atoms with Crippen LogP contribution in [-0.4, -0.2) is 4.92 Å². The average molecular weight is 292 g/mol. The summed E-state index contributed by atoms with van der Waals surface area (Å²) in [6.07, 6.45) is 0. The van der Waals surface area contributed by atoms with E-state index in [4.69, 9.17) is 0 Å². The second kappa shape index (κ2) is 6.41. The smallest absolute Gasteiger partial charge is 0.305 e. The fourth-order valence-electron chi connectivity index (χ4n) is 1.90. The van der Waals surface area contributed by atoms with Gasteiger partial charge in [0, 0.05) is 30.8 Å².